The molecule has 1 rings (SSSR count). The molecule has 0 aromatic heterocycles. The fourth-order valence-corrected chi connectivity index (χ4v) is 2.78. The predicted octanol–water partition coefficient (Wildman–Crippen LogP) is 1.92. The molecule has 18 heavy (non-hydrogen) atoms. The van der Waals surface area contributed by atoms with Gasteiger partial charge in [-0.05, 0) is 26.3 Å². The van der Waals surface area contributed by atoms with Crippen LogP contribution < -0.4 is 5.32 Å². The molecular formula is C14H25N3O. The second kappa shape index (κ2) is 8.10. The van der Waals surface area contributed by atoms with Crippen LogP contribution in [0.2, 0.25) is 0 Å². The summed E-state index contributed by atoms with van der Waals surface area (Å²) in [5.74, 6) is 0.155. The first-order valence-electron chi connectivity index (χ1n) is 7.13. The zero-order valence-electron chi connectivity index (χ0n) is 11.6. The Morgan fingerprint density at radius 2 is 2.06 bits per heavy atom. The van der Waals surface area contributed by atoms with Gasteiger partial charge in [0, 0.05) is 12.6 Å². The van der Waals surface area contributed by atoms with E-state index in [1.807, 2.05) is 6.92 Å². The minimum Gasteiger partial charge on any atom is -0.355 e. The van der Waals surface area contributed by atoms with Gasteiger partial charge in [0.15, 0.2) is 0 Å². The van der Waals surface area contributed by atoms with Crippen molar-refractivity contribution >= 4 is 5.91 Å². The molecule has 0 radical (unpaired) electrons. The van der Waals surface area contributed by atoms with Gasteiger partial charge < -0.3 is 5.32 Å². The molecule has 4 nitrogen and oxygen atoms in total. The molecule has 0 saturated heterocycles. The Bertz CT molecular complexity index is 298. The quantitative estimate of drug-likeness (QED) is 0.759. The first-order chi connectivity index (χ1) is 8.72. The number of likely N-dealkylation sites (N-methyl/N-ethyl adjacent to an activating group) is 2. The van der Waals surface area contributed by atoms with Crippen molar-refractivity contribution in [3.05, 3.63) is 0 Å². The molecule has 4 heteroatoms. The van der Waals surface area contributed by atoms with E-state index in [0.717, 1.165) is 25.8 Å². The van der Waals surface area contributed by atoms with Crippen molar-refractivity contribution in [3.63, 3.8) is 0 Å². The maximum absolute atomic E-state index is 11.7. The topological polar surface area (TPSA) is 56.1 Å². The summed E-state index contributed by atoms with van der Waals surface area (Å²) in [5.41, 5.74) is 0. The number of carbonyl (C=O) groups is 1. The van der Waals surface area contributed by atoms with Crippen LogP contribution in [-0.2, 0) is 4.79 Å². The molecule has 1 amide bonds. The summed E-state index contributed by atoms with van der Waals surface area (Å²) in [6, 6.07) is 2.70. The largest absolute Gasteiger partial charge is 0.355 e. The fourth-order valence-electron chi connectivity index (χ4n) is 2.78. The highest BCUT2D eigenvalue weighted by atomic mass is 16.2. The molecule has 0 heterocycles. The van der Waals surface area contributed by atoms with Crippen LogP contribution >= 0.6 is 0 Å². The Kier molecular flexibility index (Phi) is 6.74. The summed E-state index contributed by atoms with van der Waals surface area (Å²) in [7, 11) is 0. The van der Waals surface area contributed by atoms with Crippen LogP contribution in [0.5, 0.6) is 0 Å². The Hall–Kier alpha value is -1.08. The molecule has 0 aromatic carbocycles. The van der Waals surface area contributed by atoms with Crippen LogP contribution in [-0.4, -0.2) is 36.5 Å². The minimum absolute atomic E-state index is 0.0697. The first kappa shape index (κ1) is 15.0. The van der Waals surface area contributed by atoms with Gasteiger partial charge in [0.2, 0.25) is 5.91 Å². The number of nitriles is 1. The van der Waals surface area contributed by atoms with E-state index in [1.165, 1.54) is 12.8 Å². The summed E-state index contributed by atoms with van der Waals surface area (Å²) in [4.78, 5) is 13.9. The average Bonchev–Trinajstić information content (AvgIpc) is 2.61. The van der Waals surface area contributed by atoms with Crippen LogP contribution in [0.3, 0.4) is 0 Å². The van der Waals surface area contributed by atoms with Crippen LogP contribution in [0, 0.1) is 17.2 Å². The molecule has 1 N–H and O–H groups in total. The Morgan fingerprint density at radius 3 is 2.67 bits per heavy atom. The summed E-state index contributed by atoms with van der Waals surface area (Å²) in [6.45, 7) is 5.92. The lowest BCUT2D eigenvalue weighted by atomic mass is 9.94. The Labute approximate surface area is 110 Å². The smallest absolute Gasteiger partial charge is 0.234 e. The number of hydrogen-bond acceptors (Lipinski definition) is 3. The van der Waals surface area contributed by atoms with Crippen molar-refractivity contribution in [1.29, 1.82) is 5.26 Å². The summed E-state index contributed by atoms with van der Waals surface area (Å²) in [5, 5.41) is 12.1. The van der Waals surface area contributed by atoms with Crippen molar-refractivity contribution in [2.24, 2.45) is 5.92 Å². The van der Waals surface area contributed by atoms with Gasteiger partial charge in [-0.15, -0.1) is 0 Å². The minimum atomic E-state index is 0.0697. The highest BCUT2D eigenvalue weighted by molar-refractivity contribution is 5.77. The van der Waals surface area contributed by atoms with Gasteiger partial charge in [0.05, 0.1) is 18.5 Å². The molecule has 2 atom stereocenters. The van der Waals surface area contributed by atoms with Gasteiger partial charge in [-0.25, -0.2) is 0 Å². The molecule has 0 aliphatic heterocycles. The predicted molar refractivity (Wildman–Crippen MR) is 71.9 cm³/mol. The summed E-state index contributed by atoms with van der Waals surface area (Å²) in [6.07, 6.45) is 5.56. The third-order valence-electron chi connectivity index (χ3n) is 3.74. The zero-order valence-corrected chi connectivity index (χ0v) is 11.6. The van der Waals surface area contributed by atoms with E-state index in [-0.39, 0.29) is 17.9 Å². The van der Waals surface area contributed by atoms with E-state index in [4.69, 9.17) is 0 Å². The summed E-state index contributed by atoms with van der Waals surface area (Å²) >= 11 is 0. The van der Waals surface area contributed by atoms with Crippen LogP contribution in [0.25, 0.3) is 0 Å². The maximum Gasteiger partial charge on any atom is 0.234 e. The lowest BCUT2D eigenvalue weighted by Gasteiger charge is -2.32. The van der Waals surface area contributed by atoms with Crippen molar-refractivity contribution in [2.45, 2.75) is 52.0 Å². The molecule has 1 saturated carbocycles. The van der Waals surface area contributed by atoms with Crippen molar-refractivity contribution < 1.29 is 4.79 Å². The van der Waals surface area contributed by atoms with Gasteiger partial charge in [0.1, 0.15) is 0 Å². The third-order valence-corrected chi connectivity index (χ3v) is 3.74. The third kappa shape index (κ3) is 4.30. The van der Waals surface area contributed by atoms with Gasteiger partial charge in [-0.3, -0.25) is 9.69 Å². The van der Waals surface area contributed by atoms with Gasteiger partial charge >= 0.3 is 0 Å². The molecule has 102 valence electrons. The SMILES string of the molecule is CCNC(=O)CN(CC)C1CCCCCC1C#N. The number of rotatable bonds is 5. The number of nitrogens with one attached hydrogen (secondary N) is 1. The van der Waals surface area contributed by atoms with E-state index in [1.54, 1.807) is 0 Å². The second-order valence-corrected chi connectivity index (χ2v) is 4.96. The normalized spacial score (nSPS) is 24.3. The van der Waals surface area contributed by atoms with Crippen LogP contribution in [0.15, 0.2) is 0 Å². The lowest BCUT2D eigenvalue weighted by molar-refractivity contribution is -0.122. The van der Waals surface area contributed by atoms with E-state index < -0.39 is 0 Å². The highest BCUT2D eigenvalue weighted by Crippen LogP contribution is 2.26. The Balaban J connectivity index is 2.65. The molecule has 1 aliphatic carbocycles. The highest BCUT2D eigenvalue weighted by Gasteiger charge is 2.29. The maximum atomic E-state index is 11.7. The van der Waals surface area contributed by atoms with Crippen molar-refractivity contribution in [2.75, 3.05) is 19.6 Å². The van der Waals surface area contributed by atoms with E-state index >= 15 is 0 Å². The molecular weight excluding hydrogens is 226 g/mol. The van der Waals surface area contributed by atoms with Gasteiger partial charge in [-0.1, -0.05) is 26.2 Å². The second-order valence-electron chi connectivity index (χ2n) is 4.96. The first-order valence-corrected chi connectivity index (χ1v) is 7.13. The Morgan fingerprint density at radius 1 is 1.33 bits per heavy atom. The van der Waals surface area contributed by atoms with E-state index in [0.29, 0.717) is 13.1 Å². The molecule has 0 aromatic rings. The van der Waals surface area contributed by atoms with Crippen molar-refractivity contribution in [3.8, 4) is 6.07 Å². The molecule has 0 bridgehead atoms. The standard InChI is InChI=1S/C14H25N3O/c1-3-16-14(18)11-17(4-2)13-9-7-5-6-8-12(13)10-15/h12-13H,3-9,11H2,1-2H3,(H,16,18). The zero-order chi connectivity index (χ0) is 13.4. The van der Waals surface area contributed by atoms with Crippen LogP contribution in [0.1, 0.15) is 46.0 Å². The van der Waals surface area contributed by atoms with Gasteiger partial charge in [0.25, 0.3) is 0 Å². The molecule has 1 aliphatic rings. The summed E-state index contributed by atoms with van der Waals surface area (Å²) < 4.78 is 0. The number of carbonyl (C=O) groups excluding carboxylic acids is 1. The number of hydrogen-bond donors (Lipinski definition) is 1. The van der Waals surface area contributed by atoms with E-state index in [2.05, 4.69) is 23.2 Å². The van der Waals surface area contributed by atoms with Gasteiger partial charge in [-0.2, -0.15) is 5.26 Å². The molecule has 2 unspecified atom stereocenters. The number of nitrogens with zero attached hydrogens (tertiary/aromatic N) is 2. The fraction of sp³-hybridized carbons (Fsp3) is 0.857. The average molecular weight is 251 g/mol. The van der Waals surface area contributed by atoms with E-state index in [9.17, 15) is 10.1 Å². The van der Waals surface area contributed by atoms with Crippen molar-refractivity contribution in [1.82, 2.24) is 10.2 Å². The lowest BCUT2D eigenvalue weighted by Crippen LogP contribution is -2.45. The molecule has 1 fully saturated rings. The molecule has 0 spiro atoms. The number of amides is 1. The van der Waals surface area contributed by atoms with Crippen LogP contribution in [0.4, 0.5) is 0 Å². The monoisotopic (exact) mass is 251 g/mol.